The Bertz CT molecular complexity index is 1340. The fraction of sp³-hybridized carbons (Fsp3) is 0.250. The Morgan fingerprint density at radius 3 is 2.36 bits per heavy atom. The molecule has 0 saturated carbocycles. The number of ether oxygens (including phenoxy) is 2. The predicted molar refractivity (Wildman–Crippen MR) is 144 cm³/mol. The lowest BCUT2D eigenvalue weighted by molar-refractivity contribution is -0.122. The molecule has 0 aliphatic carbocycles. The molecule has 0 spiro atoms. The number of carbonyl (C=O) groups excluding carboxylic acids is 2. The molecule has 1 saturated heterocycles. The number of aryl methyl sites for hydroxylation is 1. The van der Waals surface area contributed by atoms with Crippen molar-refractivity contribution in [3.05, 3.63) is 82.0 Å². The van der Waals surface area contributed by atoms with E-state index >= 15 is 0 Å². The predicted octanol–water partition coefficient (Wildman–Crippen LogP) is 5.90. The summed E-state index contributed by atoms with van der Waals surface area (Å²) < 4.78 is 12.4. The maximum absolute atomic E-state index is 13.2. The minimum atomic E-state index is -0.334. The van der Waals surface area contributed by atoms with Gasteiger partial charge in [-0.05, 0) is 106 Å². The Kier molecular flexibility index (Phi) is 7.64. The molecule has 0 unspecified atom stereocenters. The molecular formula is C28H29N3O4S. The van der Waals surface area contributed by atoms with E-state index in [1.807, 2.05) is 63.2 Å². The van der Waals surface area contributed by atoms with Crippen LogP contribution in [-0.4, -0.2) is 46.8 Å². The fourth-order valence-electron chi connectivity index (χ4n) is 4.07. The van der Waals surface area contributed by atoms with Crippen LogP contribution in [0.5, 0.6) is 5.75 Å². The first kappa shape index (κ1) is 25.3. The normalized spacial score (nSPS) is 15.7. The van der Waals surface area contributed by atoms with Gasteiger partial charge in [0.25, 0.3) is 5.91 Å². The van der Waals surface area contributed by atoms with E-state index in [2.05, 4.69) is 10.6 Å². The number of amides is 1. The van der Waals surface area contributed by atoms with Crippen LogP contribution in [0, 0.1) is 13.8 Å². The summed E-state index contributed by atoms with van der Waals surface area (Å²) in [4.78, 5) is 32.2. The van der Waals surface area contributed by atoms with Crippen LogP contribution in [0.1, 0.15) is 41.2 Å². The first-order valence-electron chi connectivity index (χ1n) is 11.8. The van der Waals surface area contributed by atoms with Gasteiger partial charge in [-0.15, -0.1) is 0 Å². The molecule has 7 nitrogen and oxygen atoms in total. The van der Waals surface area contributed by atoms with Gasteiger partial charge in [-0.3, -0.25) is 9.69 Å². The highest BCUT2D eigenvalue weighted by atomic mass is 32.2. The van der Waals surface area contributed by atoms with E-state index in [9.17, 15) is 9.59 Å². The summed E-state index contributed by atoms with van der Waals surface area (Å²) in [5.41, 5.74) is 5.19. The molecule has 0 radical (unpaired) electrons. The summed E-state index contributed by atoms with van der Waals surface area (Å²) in [5.74, 6) is 0.367. The van der Waals surface area contributed by atoms with Crippen molar-refractivity contribution in [2.24, 2.45) is 4.99 Å². The zero-order valence-electron chi connectivity index (χ0n) is 21.1. The Labute approximate surface area is 215 Å². The number of esters is 1. The lowest BCUT2D eigenvalue weighted by Crippen LogP contribution is -2.28. The van der Waals surface area contributed by atoms with Crippen molar-refractivity contribution in [3.8, 4) is 11.4 Å². The average Bonchev–Trinajstić information content (AvgIpc) is 3.33. The maximum atomic E-state index is 13.2. The van der Waals surface area contributed by atoms with Crippen molar-refractivity contribution >= 4 is 40.6 Å². The van der Waals surface area contributed by atoms with Crippen LogP contribution < -0.4 is 4.74 Å². The maximum Gasteiger partial charge on any atom is 0.338 e. The molecule has 1 aliphatic rings. The minimum Gasteiger partial charge on any atom is -0.497 e. The molecule has 0 N–H and O–H groups in total. The molecule has 3 aromatic rings. The van der Waals surface area contributed by atoms with E-state index in [0.717, 1.165) is 34.1 Å². The first-order valence-corrected chi connectivity index (χ1v) is 12.6. The number of carbonyl (C=O) groups is 2. The molecule has 0 bridgehead atoms. The Balaban J connectivity index is 1.62. The van der Waals surface area contributed by atoms with Crippen molar-refractivity contribution in [3.63, 3.8) is 0 Å². The Hall–Kier alpha value is -3.78. The highest BCUT2D eigenvalue weighted by molar-refractivity contribution is 8.18. The van der Waals surface area contributed by atoms with Crippen LogP contribution in [0.4, 0.5) is 5.69 Å². The molecule has 1 amide bonds. The summed E-state index contributed by atoms with van der Waals surface area (Å²) in [6, 6.07) is 16.8. The molecular weight excluding hydrogens is 474 g/mol. The van der Waals surface area contributed by atoms with E-state index in [4.69, 9.17) is 14.5 Å². The third-order valence-corrected chi connectivity index (χ3v) is 6.90. The van der Waals surface area contributed by atoms with E-state index in [-0.39, 0.29) is 11.9 Å². The number of thioether (sulfide) groups is 1. The van der Waals surface area contributed by atoms with Gasteiger partial charge >= 0.3 is 5.97 Å². The third kappa shape index (κ3) is 5.09. The smallest absolute Gasteiger partial charge is 0.338 e. The van der Waals surface area contributed by atoms with Crippen LogP contribution >= 0.6 is 11.8 Å². The molecule has 2 aromatic carbocycles. The van der Waals surface area contributed by atoms with Crippen LogP contribution in [-0.2, 0) is 9.53 Å². The standard InChI is InChI=1S/C28H29N3O4S/c1-6-30-26(32)25(36-28(30)29-22-10-14-24(34-5)15-11-22)17-21-16-18(3)31(19(21)4)23-12-8-20(9-13-23)27(33)35-7-2/h8-17H,6-7H2,1-5H3/b25-17+,29-28?. The molecule has 8 heteroatoms. The number of methoxy groups -OCH3 is 1. The molecule has 4 rings (SSSR count). The van der Waals surface area contributed by atoms with E-state index in [1.165, 1.54) is 11.8 Å². The van der Waals surface area contributed by atoms with Crippen molar-refractivity contribution in [2.45, 2.75) is 27.7 Å². The average molecular weight is 504 g/mol. The monoisotopic (exact) mass is 503 g/mol. The number of aliphatic imine (C=N–C) groups is 1. The molecule has 186 valence electrons. The molecule has 1 aromatic heterocycles. The van der Waals surface area contributed by atoms with Gasteiger partial charge in [0.05, 0.1) is 29.9 Å². The van der Waals surface area contributed by atoms with Gasteiger partial charge in [0.1, 0.15) is 5.75 Å². The largest absolute Gasteiger partial charge is 0.497 e. The highest BCUT2D eigenvalue weighted by Gasteiger charge is 2.32. The number of aromatic nitrogens is 1. The van der Waals surface area contributed by atoms with E-state index < -0.39 is 0 Å². The van der Waals surface area contributed by atoms with Gasteiger partial charge < -0.3 is 14.0 Å². The lowest BCUT2D eigenvalue weighted by atomic mass is 10.2. The van der Waals surface area contributed by atoms with Gasteiger partial charge in [-0.25, -0.2) is 9.79 Å². The SMILES string of the molecule is CCOC(=O)c1ccc(-n2c(C)cc(/C=C3/SC(=Nc4ccc(OC)cc4)N(CC)C3=O)c2C)cc1. The van der Waals surface area contributed by atoms with E-state index in [0.29, 0.717) is 28.8 Å². The second-order valence-corrected chi connectivity index (χ2v) is 9.19. The Morgan fingerprint density at radius 1 is 1.06 bits per heavy atom. The summed E-state index contributed by atoms with van der Waals surface area (Å²) in [6.45, 7) is 8.64. The molecule has 36 heavy (non-hydrogen) atoms. The number of nitrogens with zero attached hydrogens (tertiary/aromatic N) is 3. The first-order chi connectivity index (χ1) is 17.4. The summed E-state index contributed by atoms with van der Waals surface area (Å²) in [7, 11) is 1.62. The van der Waals surface area contributed by atoms with Crippen molar-refractivity contribution < 1.29 is 19.1 Å². The van der Waals surface area contributed by atoms with Crippen molar-refractivity contribution in [2.75, 3.05) is 20.3 Å². The minimum absolute atomic E-state index is 0.0571. The zero-order chi connectivity index (χ0) is 25.8. The number of rotatable bonds is 7. The highest BCUT2D eigenvalue weighted by Crippen LogP contribution is 2.35. The van der Waals surface area contributed by atoms with Gasteiger partial charge in [0, 0.05) is 23.6 Å². The topological polar surface area (TPSA) is 73.1 Å². The van der Waals surface area contributed by atoms with Gasteiger partial charge in [0.15, 0.2) is 5.17 Å². The van der Waals surface area contributed by atoms with Crippen molar-refractivity contribution in [1.82, 2.24) is 9.47 Å². The second-order valence-electron chi connectivity index (χ2n) is 8.18. The van der Waals surface area contributed by atoms with Crippen LogP contribution in [0.15, 0.2) is 64.5 Å². The number of hydrogen-bond donors (Lipinski definition) is 0. The Morgan fingerprint density at radius 2 is 1.75 bits per heavy atom. The number of likely N-dealkylation sites (N-methyl/N-ethyl adjacent to an activating group) is 1. The van der Waals surface area contributed by atoms with Crippen LogP contribution in [0.3, 0.4) is 0 Å². The number of benzene rings is 2. The fourth-order valence-corrected chi connectivity index (χ4v) is 5.12. The molecule has 1 aliphatic heterocycles. The van der Waals surface area contributed by atoms with Crippen LogP contribution in [0.25, 0.3) is 11.8 Å². The zero-order valence-corrected chi connectivity index (χ0v) is 21.9. The lowest BCUT2D eigenvalue weighted by Gasteiger charge is -2.12. The summed E-state index contributed by atoms with van der Waals surface area (Å²) in [6.07, 6.45) is 1.93. The van der Waals surface area contributed by atoms with Gasteiger partial charge in [-0.1, -0.05) is 0 Å². The quantitative estimate of drug-likeness (QED) is 0.296. The summed E-state index contributed by atoms with van der Waals surface area (Å²) in [5, 5.41) is 0.655. The molecule has 2 heterocycles. The number of hydrogen-bond acceptors (Lipinski definition) is 6. The summed E-state index contributed by atoms with van der Waals surface area (Å²) >= 11 is 1.38. The molecule has 0 atom stereocenters. The van der Waals surface area contributed by atoms with Gasteiger partial charge in [-0.2, -0.15) is 0 Å². The number of amidine groups is 1. The van der Waals surface area contributed by atoms with Crippen molar-refractivity contribution in [1.29, 1.82) is 0 Å². The third-order valence-electron chi connectivity index (χ3n) is 5.89. The van der Waals surface area contributed by atoms with E-state index in [1.54, 1.807) is 31.1 Å². The molecule has 1 fully saturated rings. The second kappa shape index (κ2) is 10.9. The van der Waals surface area contributed by atoms with Gasteiger partial charge in [0.2, 0.25) is 0 Å². The van der Waals surface area contributed by atoms with Crippen LogP contribution in [0.2, 0.25) is 0 Å².